The minimum absolute atomic E-state index is 0.00327. The highest BCUT2D eigenvalue weighted by molar-refractivity contribution is 6.03. The van der Waals surface area contributed by atoms with Crippen LogP contribution >= 0.6 is 0 Å². The number of methoxy groups -OCH3 is 1. The number of alkyl halides is 1. The fourth-order valence-corrected chi connectivity index (χ4v) is 3.53. The molecule has 2 heterocycles. The number of benzene rings is 1. The van der Waals surface area contributed by atoms with E-state index in [4.69, 9.17) is 14.2 Å². The number of Topliss-reactive ketones (excluding diaryl/α,β-unsaturated/α-hetero) is 1. The molecule has 148 valence electrons. The number of ether oxygens (including phenoxy) is 3. The summed E-state index contributed by atoms with van der Waals surface area (Å²) in [5.74, 6) is 0.722. The van der Waals surface area contributed by atoms with E-state index in [1.807, 2.05) is 0 Å². The van der Waals surface area contributed by atoms with Crippen LogP contribution in [0.1, 0.15) is 43.1 Å². The Morgan fingerprint density at radius 3 is 2.74 bits per heavy atom. The first-order chi connectivity index (χ1) is 12.7. The van der Waals surface area contributed by atoms with Gasteiger partial charge in [0, 0.05) is 12.1 Å². The number of likely N-dealkylation sites (tertiary alicyclic amines) is 1. The summed E-state index contributed by atoms with van der Waals surface area (Å²) in [5, 5.41) is 0. The molecule has 2 aliphatic rings. The van der Waals surface area contributed by atoms with E-state index in [0.717, 1.165) is 5.56 Å². The fourth-order valence-electron chi connectivity index (χ4n) is 3.53. The first-order valence-corrected chi connectivity index (χ1v) is 9.17. The van der Waals surface area contributed by atoms with Crippen LogP contribution in [0.3, 0.4) is 0 Å². The van der Waals surface area contributed by atoms with Crippen LogP contribution in [0.15, 0.2) is 12.1 Å². The third-order valence-electron chi connectivity index (χ3n) is 4.88. The highest BCUT2D eigenvalue weighted by atomic mass is 19.1. The molecule has 1 aromatic carbocycles. The lowest BCUT2D eigenvalue weighted by molar-refractivity contribution is 0.00541. The van der Waals surface area contributed by atoms with Gasteiger partial charge in [0.15, 0.2) is 6.61 Å². The van der Waals surface area contributed by atoms with Crippen molar-refractivity contribution < 1.29 is 28.2 Å². The second-order valence-corrected chi connectivity index (χ2v) is 8.03. The Morgan fingerprint density at radius 1 is 1.37 bits per heavy atom. The lowest BCUT2D eigenvalue weighted by Gasteiger charge is -2.36. The van der Waals surface area contributed by atoms with E-state index < -0.39 is 17.9 Å². The second-order valence-electron chi connectivity index (χ2n) is 8.03. The summed E-state index contributed by atoms with van der Waals surface area (Å²) >= 11 is 0. The maximum absolute atomic E-state index is 14.8. The normalized spacial score (nSPS) is 22.3. The van der Waals surface area contributed by atoms with Gasteiger partial charge in [0.25, 0.3) is 0 Å². The molecule has 0 aromatic heterocycles. The van der Waals surface area contributed by atoms with Crippen molar-refractivity contribution in [3.05, 3.63) is 23.3 Å². The molecule has 0 N–H and O–H groups in total. The Balaban J connectivity index is 1.72. The number of halogens is 1. The molecule has 2 aliphatic heterocycles. The number of nitrogens with zero attached hydrogens (tertiary/aromatic N) is 1. The van der Waals surface area contributed by atoms with Crippen molar-refractivity contribution in [2.24, 2.45) is 5.92 Å². The molecular formula is C20H26FNO5. The zero-order valence-corrected chi connectivity index (χ0v) is 16.2. The molecule has 0 radical (unpaired) electrons. The molecule has 1 amide bonds. The molecule has 1 aromatic rings. The van der Waals surface area contributed by atoms with E-state index in [2.05, 4.69) is 0 Å². The number of fused-ring (bicyclic) bond motifs is 1. The van der Waals surface area contributed by atoms with Gasteiger partial charge in [-0.1, -0.05) is 0 Å². The average molecular weight is 379 g/mol. The van der Waals surface area contributed by atoms with Gasteiger partial charge in [0.2, 0.25) is 5.78 Å². The summed E-state index contributed by atoms with van der Waals surface area (Å²) in [6.45, 7) is 5.79. The minimum Gasteiger partial charge on any atom is -0.496 e. The van der Waals surface area contributed by atoms with Crippen LogP contribution in [0.4, 0.5) is 9.18 Å². The standard InChI is InChI=1S/C20H26FNO5/c1-20(2,3)27-19(24)22-8-7-12(15(21)10-22)9-14-17(25-4)6-5-13-16(23)11-26-18(13)14/h5-6,12,15H,7-11H2,1-4H3/t12-,15+/m1/s1. The van der Waals surface area contributed by atoms with E-state index in [1.54, 1.807) is 40.0 Å². The molecule has 0 aliphatic carbocycles. The van der Waals surface area contributed by atoms with Crippen LogP contribution in [-0.4, -0.2) is 55.4 Å². The molecule has 0 bridgehead atoms. The van der Waals surface area contributed by atoms with Crippen molar-refractivity contribution in [2.75, 3.05) is 26.8 Å². The highest BCUT2D eigenvalue weighted by Crippen LogP contribution is 2.39. The molecule has 7 heteroatoms. The van der Waals surface area contributed by atoms with Crippen LogP contribution in [0, 0.1) is 5.92 Å². The molecule has 2 atom stereocenters. The van der Waals surface area contributed by atoms with E-state index in [0.29, 0.717) is 36.4 Å². The van der Waals surface area contributed by atoms with Crippen LogP contribution in [-0.2, 0) is 11.2 Å². The predicted molar refractivity (Wildman–Crippen MR) is 97.3 cm³/mol. The van der Waals surface area contributed by atoms with Crippen molar-refractivity contribution in [1.29, 1.82) is 0 Å². The van der Waals surface area contributed by atoms with Crippen LogP contribution in [0.2, 0.25) is 0 Å². The van der Waals surface area contributed by atoms with Gasteiger partial charge in [-0.25, -0.2) is 9.18 Å². The number of piperidine rings is 1. The molecule has 1 fully saturated rings. The maximum Gasteiger partial charge on any atom is 0.410 e. The summed E-state index contributed by atoms with van der Waals surface area (Å²) in [6, 6.07) is 3.41. The second kappa shape index (κ2) is 7.37. The van der Waals surface area contributed by atoms with E-state index in [1.165, 1.54) is 4.90 Å². The van der Waals surface area contributed by atoms with Crippen LogP contribution in [0.5, 0.6) is 11.5 Å². The van der Waals surface area contributed by atoms with Crippen molar-refractivity contribution >= 4 is 11.9 Å². The maximum atomic E-state index is 14.8. The smallest absolute Gasteiger partial charge is 0.410 e. The molecule has 3 rings (SSSR count). The number of hydrogen-bond acceptors (Lipinski definition) is 5. The summed E-state index contributed by atoms with van der Waals surface area (Å²) < 4.78 is 31.1. The largest absolute Gasteiger partial charge is 0.496 e. The van der Waals surface area contributed by atoms with Gasteiger partial charge in [0.1, 0.15) is 23.3 Å². The third kappa shape index (κ3) is 4.17. The zero-order chi connectivity index (χ0) is 19.8. The van der Waals surface area contributed by atoms with Crippen LogP contribution in [0.25, 0.3) is 0 Å². The Kier molecular flexibility index (Phi) is 5.31. The van der Waals surface area contributed by atoms with E-state index in [9.17, 15) is 14.0 Å². The number of ketones is 1. The molecule has 0 saturated carbocycles. The lowest BCUT2D eigenvalue weighted by atomic mass is 9.87. The topological polar surface area (TPSA) is 65.1 Å². The Morgan fingerprint density at radius 2 is 2.11 bits per heavy atom. The lowest BCUT2D eigenvalue weighted by Crippen LogP contribution is -2.47. The number of carbonyl (C=O) groups is 2. The quantitative estimate of drug-likeness (QED) is 0.805. The summed E-state index contributed by atoms with van der Waals surface area (Å²) in [7, 11) is 1.54. The number of amides is 1. The molecular weight excluding hydrogens is 353 g/mol. The molecule has 0 spiro atoms. The van der Waals surface area contributed by atoms with Gasteiger partial charge >= 0.3 is 6.09 Å². The van der Waals surface area contributed by atoms with E-state index in [-0.39, 0.29) is 24.9 Å². The predicted octanol–water partition coefficient (Wildman–Crippen LogP) is 3.41. The van der Waals surface area contributed by atoms with Gasteiger partial charge in [-0.05, 0) is 51.7 Å². The van der Waals surface area contributed by atoms with Crippen molar-refractivity contribution in [1.82, 2.24) is 4.90 Å². The summed E-state index contributed by atoms with van der Waals surface area (Å²) in [6.07, 6.45) is -0.788. The number of carbonyl (C=O) groups excluding carboxylic acids is 2. The molecule has 6 nitrogen and oxygen atoms in total. The minimum atomic E-state index is -1.19. The van der Waals surface area contributed by atoms with E-state index >= 15 is 0 Å². The zero-order valence-electron chi connectivity index (χ0n) is 16.2. The Bertz CT molecular complexity index is 743. The van der Waals surface area contributed by atoms with Crippen molar-refractivity contribution in [3.8, 4) is 11.5 Å². The van der Waals surface area contributed by atoms with Crippen molar-refractivity contribution in [3.63, 3.8) is 0 Å². The van der Waals surface area contributed by atoms with Gasteiger partial charge in [-0.15, -0.1) is 0 Å². The van der Waals surface area contributed by atoms with Gasteiger partial charge in [0.05, 0.1) is 19.2 Å². The average Bonchev–Trinajstić information content (AvgIpc) is 2.97. The number of hydrogen-bond donors (Lipinski definition) is 0. The van der Waals surface area contributed by atoms with Gasteiger partial charge < -0.3 is 19.1 Å². The molecule has 0 unspecified atom stereocenters. The first-order valence-electron chi connectivity index (χ1n) is 9.17. The summed E-state index contributed by atoms with van der Waals surface area (Å²) in [4.78, 5) is 25.5. The third-order valence-corrected chi connectivity index (χ3v) is 4.88. The first kappa shape index (κ1) is 19.5. The van der Waals surface area contributed by atoms with Crippen molar-refractivity contribution in [2.45, 2.75) is 45.4 Å². The Labute approximate surface area is 158 Å². The summed E-state index contributed by atoms with van der Waals surface area (Å²) in [5.41, 5.74) is 0.633. The monoisotopic (exact) mass is 379 g/mol. The van der Waals surface area contributed by atoms with Gasteiger partial charge in [-0.2, -0.15) is 0 Å². The SMILES string of the molecule is COc1ccc2c(c1C[C@H]1CCN(C(=O)OC(C)(C)C)C[C@@H]1F)OCC2=O. The van der Waals surface area contributed by atoms with Gasteiger partial charge in [-0.3, -0.25) is 4.79 Å². The fraction of sp³-hybridized carbons (Fsp3) is 0.600. The molecule has 1 saturated heterocycles. The van der Waals surface area contributed by atoms with Crippen LogP contribution < -0.4 is 9.47 Å². The highest BCUT2D eigenvalue weighted by Gasteiger charge is 2.36. The molecule has 27 heavy (non-hydrogen) atoms. The number of rotatable bonds is 3. The Hall–Kier alpha value is -2.31.